The van der Waals surface area contributed by atoms with E-state index in [1.54, 1.807) is 18.2 Å². The maximum absolute atomic E-state index is 9.32. The zero-order chi connectivity index (χ0) is 13.8. The summed E-state index contributed by atoms with van der Waals surface area (Å²) in [5, 5.41) is 13.8. The van der Waals surface area contributed by atoms with Crippen LogP contribution in [-0.4, -0.2) is 5.11 Å². The topological polar surface area (TPSA) is 32.3 Å². The lowest BCUT2D eigenvalue weighted by Crippen LogP contribution is -2.09. The van der Waals surface area contributed by atoms with Gasteiger partial charge in [0.25, 0.3) is 0 Å². The maximum atomic E-state index is 9.32. The minimum absolute atomic E-state index is 0.122. The molecule has 100 valence electrons. The lowest BCUT2D eigenvalue weighted by Gasteiger charge is -2.20. The standard InChI is InChI=1S/C15H15Cl2NO/c1-2-13(10-6-8-11(19)9-7-10)18-14-5-3-4-12(16)15(14)17/h3-9,13,18-19H,2H2,1H3. The Balaban J connectivity index is 2.24. The van der Waals surface area contributed by atoms with E-state index in [1.165, 1.54) is 0 Å². The molecule has 1 unspecified atom stereocenters. The van der Waals surface area contributed by atoms with Gasteiger partial charge in [0.1, 0.15) is 5.75 Å². The predicted octanol–water partition coefficient (Wildman–Crippen LogP) is 5.26. The van der Waals surface area contributed by atoms with E-state index in [9.17, 15) is 5.11 Å². The fourth-order valence-corrected chi connectivity index (χ4v) is 2.29. The first kappa shape index (κ1) is 14.0. The molecule has 2 rings (SSSR count). The Bertz CT molecular complexity index is 555. The highest BCUT2D eigenvalue weighted by atomic mass is 35.5. The first-order valence-electron chi connectivity index (χ1n) is 6.11. The van der Waals surface area contributed by atoms with E-state index in [0.717, 1.165) is 17.7 Å². The highest BCUT2D eigenvalue weighted by Crippen LogP contribution is 2.33. The minimum atomic E-state index is 0.122. The van der Waals surface area contributed by atoms with E-state index in [4.69, 9.17) is 23.2 Å². The van der Waals surface area contributed by atoms with Gasteiger partial charge >= 0.3 is 0 Å². The van der Waals surface area contributed by atoms with Gasteiger partial charge in [0.15, 0.2) is 0 Å². The molecule has 0 saturated carbocycles. The van der Waals surface area contributed by atoms with Crippen LogP contribution in [0.15, 0.2) is 42.5 Å². The molecule has 0 heterocycles. The molecule has 0 aliphatic carbocycles. The smallest absolute Gasteiger partial charge is 0.115 e. The summed E-state index contributed by atoms with van der Waals surface area (Å²) in [6, 6.07) is 12.8. The van der Waals surface area contributed by atoms with Crippen molar-refractivity contribution in [2.45, 2.75) is 19.4 Å². The summed E-state index contributed by atoms with van der Waals surface area (Å²) in [7, 11) is 0. The largest absolute Gasteiger partial charge is 0.508 e. The average molecular weight is 296 g/mol. The van der Waals surface area contributed by atoms with Crippen molar-refractivity contribution in [1.29, 1.82) is 0 Å². The van der Waals surface area contributed by atoms with Crippen LogP contribution in [0.3, 0.4) is 0 Å². The fraction of sp³-hybridized carbons (Fsp3) is 0.200. The zero-order valence-electron chi connectivity index (χ0n) is 10.5. The molecule has 0 bridgehead atoms. The molecule has 0 aliphatic rings. The van der Waals surface area contributed by atoms with Gasteiger partial charge in [-0.15, -0.1) is 0 Å². The molecule has 0 radical (unpaired) electrons. The van der Waals surface area contributed by atoms with Crippen LogP contribution in [0.4, 0.5) is 5.69 Å². The van der Waals surface area contributed by atoms with Gasteiger partial charge in [-0.2, -0.15) is 0 Å². The number of hydrogen-bond donors (Lipinski definition) is 2. The SMILES string of the molecule is CCC(Nc1cccc(Cl)c1Cl)c1ccc(O)cc1. The molecule has 0 aliphatic heterocycles. The van der Waals surface area contributed by atoms with Gasteiger partial charge in [-0.25, -0.2) is 0 Å². The van der Waals surface area contributed by atoms with Crippen LogP contribution in [0.5, 0.6) is 5.75 Å². The summed E-state index contributed by atoms with van der Waals surface area (Å²) in [6.07, 6.45) is 0.896. The van der Waals surface area contributed by atoms with Crippen LogP contribution < -0.4 is 5.32 Å². The van der Waals surface area contributed by atoms with Crippen molar-refractivity contribution in [2.24, 2.45) is 0 Å². The van der Waals surface area contributed by atoms with Crippen LogP contribution >= 0.6 is 23.2 Å². The van der Waals surface area contributed by atoms with Gasteiger partial charge in [-0.3, -0.25) is 0 Å². The highest BCUT2D eigenvalue weighted by Gasteiger charge is 2.12. The van der Waals surface area contributed by atoms with Gasteiger partial charge < -0.3 is 10.4 Å². The normalized spacial score (nSPS) is 12.2. The molecule has 4 heteroatoms. The van der Waals surface area contributed by atoms with Crippen LogP contribution in [0.1, 0.15) is 24.9 Å². The molecule has 1 atom stereocenters. The van der Waals surface area contributed by atoms with Crippen molar-refractivity contribution in [3.05, 3.63) is 58.1 Å². The van der Waals surface area contributed by atoms with Gasteiger partial charge in [-0.05, 0) is 36.2 Å². The number of nitrogens with one attached hydrogen (secondary N) is 1. The van der Waals surface area contributed by atoms with E-state index in [-0.39, 0.29) is 11.8 Å². The van der Waals surface area contributed by atoms with E-state index < -0.39 is 0 Å². The number of rotatable bonds is 4. The zero-order valence-corrected chi connectivity index (χ0v) is 12.0. The number of anilines is 1. The molecule has 0 amide bonds. The first-order chi connectivity index (χ1) is 9.11. The summed E-state index contributed by atoms with van der Waals surface area (Å²) in [6.45, 7) is 2.09. The van der Waals surface area contributed by atoms with Gasteiger partial charge in [-0.1, -0.05) is 48.3 Å². The van der Waals surface area contributed by atoms with Crippen LogP contribution in [-0.2, 0) is 0 Å². The molecule has 0 saturated heterocycles. The summed E-state index contributed by atoms with van der Waals surface area (Å²) in [4.78, 5) is 0. The fourth-order valence-electron chi connectivity index (χ4n) is 1.93. The molecular weight excluding hydrogens is 281 g/mol. The van der Waals surface area contributed by atoms with Gasteiger partial charge in [0, 0.05) is 0 Å². The maximum Gasteiger partial charge on any atom is 0.115 e. The second-order valence-corrected chi connectivity index (χ2v) is 5.08. The summed E-state index contributed by atoms with van der Waals surface area (Å²) >= 11 is 12.2. The Labute approximate surface area is 123 Å². The molecule has 2 N–H and O–H groups in total. The Kier molecular flexibility index (Phi) is 4.56. The van der Waals surface area contributed by atoms with E-state index in [1.807, 2.05) is 24.3 Å². The lowest BCUT2D eigenvalue weighted by atomic mass is 10.0. The average Bonchev–Trinajstić information content (AvgIpc) is 2.42. The van der Waals surface area contributed by atoms with Crippen molar-refractivity contribution < 1.29 is 5.11 Å². The molecule has 2 aromatic carbocycles. The number of aromatic hydroxyl groups is 1. The van der Waals surface area contributed by atoms with Crippen LogP contribution in [0.2, 0.25) is 10.0 Å². The predicted molar refractivity (Wildman–Crippen MR) is 81.2 cm³/mol. The first-order valence-corrected chi connectivity index (χ1v) is 6.87. The minimum Gasteiger partial charge on any atom is -0.508 e. The molecule has 0 spiro atoms. The second-order valence-electron chi connectivity index (χ2n) is 4.30. The molecule has 0 fully saturated rings. The van der Waals surface area contributed by atoms with Crippen LogP contribution in [0.25, 0.3) is 0 Å². The number of hydrogen-bond acceptors (Lipinski definition) is 2. The quantitative estimate of drug-likeness (QED) is 0.806. The Morgan fingerprint density at radius 2 is 1.79 bits per heavy atom. The molecule has 19 heavy (non-hydrogen) atoms. The van der Waals surface area contributed by atoms with Crippen molar-refractivity contribution >= 4 is 28.9 Å². The monoisotopic (exact) mass is 295 g/mol. The third kappa shape index (κ3) is 3.34. The number of phenolic OH excluding ortho intramolecular Hbond substituents is 1. The number of phenols is 1. The van der Waals surface area contributed by atoms with Crippen molar-refractivity contribution in [2.75, 3.05) is 5.32 Å². The van der Waals surface area contributed by atoms with E-state index in [0.29, 0.717) is 10.0 Å². The third-order valence-corrected chi connectivity index (χ3v) is 3.80. The van der Waals surface area contributed by atoms with Crippen molar-refractivity contribution in [3.8, 4) is 5.75 Å². The Morgan fingerprint density at radius 1 is 1.11 bits per heavy atom. The van der Waals surface area contributed by atoms with Crippen molar-refractivity contribution in [3.63, 3.8) is 0 Å². The van der Waals surface area contributed by atoms with E-state index in [2.05, 4.69) is 12.2 Å². The highest BCUT2D eigenvalue weighted by molar-refractivity contribution is 6.43. The second kappa shape index (κ2) is 6.18. The summed E-state index contributed by atoms with van der Waals surface area (Å²) in [5.74, 6) is 0.263. The Morgan fingerprint density at radius 3 is 2.42 bits per heavy atom. The van der Waals surface area contributed by atoms with Gasteiger partial charge in [0.2, 0.25) is 0 Å². The number of halogens is 2. The Hall–Kier alpha value is -1.38. The molecule has 2 nitrogen and oxygen atoms in total. The number of benzene rings is 2. The molecule has 2 aromatic rings. The third-order valence-electron chi connectivity index (χ3n) is 2.99. The van der Waals surface area contributed by atoms with Crippen molar-refractivity contribution in [1.82, 2.24) is 0 Å². The van der Waals surface area contributed by atoms with Crippen LogP contribution in [0, 0.1) is 0 Å². The summed E-state index contributed by atoms with van der Waals surface area (Å²) in [5.41, 5.74) is 1.91. The molecule has 0 aromatic heterocycles. The molecular formula is C15H15Cl2NO. The van der Waals surface area contributed by atoms with Gasteiger partial charge in [0.05, 0.1) is 21.8 Å². The van der Waals surface area contributed by atoms with E-state index >= 15 is 0 Å². The summed E-state index contributed by atoms with van der Waals surface area (Å²) < 4.78 is 0. The lowest BCUT2D eigenvalue weighted by molar-refractivity contribution is 0.475.